The SMILES string of the molecule is CCOC(=O)Cn1c(=NC(=O)c2ccc(S(=O)(=O)N3CCCC3)cc2)sc2ccc(Cl)c(Cl)c21. The molecule has 0 bridgehead atoms. The van der Waals surface area contributed by atoms with E-state index >= 15 is 0 Å². The molecule has 12 heteroatoms. The summed E-state index contributed by atoms with van der Waals surface area (Å²) in [5.41, 5.74) is 0.690. The third-order valence-electron chi connectivity index (χ3n) is 5.33. The summed E-state index contributed by atoms with van der Waals surface area (Å²) in [4.78, 5) is 29.7. The number of nitrogens with zero attached hydrogens (tertiary/aromatic N) is 3. The molecule has 8 nitrogen and oxygen atoms in total. The maximum Gasteiger partial charge on any atom is 0.326 e. The number of thiazole rings is 1. The van der Waals surface area contributed by atoms with Gasteiger partial charge in [-0.15, -0.1) is 0 Å². The number of hydrogen-bond acceptors (Lipinski definition) is 6. The number of ether oxygens (including phenoxy) is 1. The lowest BCUT2D eigenvalue weighted by molar-refractivity contribution is -0.143. The van der Waals surface area contributed by atoms with Crippen LogP contribution in [0.2, 0.25) is 10.0 Å². The highest BCUT2D eigenvalue weighted by atomic mass is 35.5. The standard InChI is InChI=1S/C22H21Cl2N3O5S2/c1-2-32-18(28)13-27-20-17(10-9-16(23)19(20)24)33-22(27)25-21(29)14-5-7-15(8-6-14)34(30,31)26-11-3-4-12-26/h5-10H,2-4,11-13H2,1H3. The van der Waals surface area contributed by atoms with Crippen LogP contribution < -0.4 is 4.80 Å². The molecule has 0 unspecified atom stereocenters. The smallest absolute Gasteiger partial charge is 0.326 e. The first-order chi connectivity index (χ1) is 16.2. The number of sulfonamides is 1. The summed E-state index contributed by atoms with van der Waals surface area (Å²) >= 11 is 13.7. The Morgan fingerprint density at radius 2 is 1.76 bits per heavy atom. The molecule has 1 amide bonds. The highest BCUT2D eigenvalue weighted by molar-refractivity contribution is 7.89. The molecule has 0 aliphatic carbocycles. The van der Waals surface area contributed by atoms with Gasteiger partial charge in [-0.25, -0.2) is 8.42 Å². The van der Waals surface area contributed by atoms with Crippen LogP contribution in [0.4, 0.5) is 0 Å². The minimum Gasteiger partial charge on any atom is -0.465 e. The van der Waals surface area contributed by atoms with Crippen LogP contribution in [0.3, 0.4) is 0 Å². The van der Waals surface area contributed by atoms with E-state index < -0.39 is 21.9 Å². The van der Waals surface area contributed by atoms with Crippen LogP contribution in [-0.2, 0) is 26.1 Å². The van der Waals surface area contributed by atoms with Crippen LogP contribution in [0.15, 0.2) is 46.3 Å². The maximum atomic E-state index is 12.9. The molecule has 4 rings (SSSR count). The van der Waals surface area contributed by atoms with Crippen LogP contribution >= 0.6 is 34.5 Å². The van der Waals surface area contributed by atoms with E-state index in [0.29, 0.717) is 28.3 Å². The van der Waals surface area contributed by atoms with Crippen LogP contribution in [0.1, 0.15) is 30.1 Å². The molecule has 3 aromatic rings. The molecule has 1 fully saturated rings. The van der Waals surface area contributed by atoms with Crippen molar-refractivity contribution in [2.45, 2.75) is 31.2 Å². The molecule has 180 valence electrons. The first-order valence-corrected chi connectivity index (χ1v) is 13.6. The van der Waals surface area contributed by atoms with E-state index in [1.807, 2.05) is 0 Å². The number of fused-ring (bicyclic) bond motifs is 1. The van der Waals surface area contributed by atoms with Gasteiger partial charge in [-0.1, -0.05) is 34.5 Å². The topological polar surface area (TPSA) is 98.0 Å². The Morgan fingerprint density at radius 3 is 2.41 bits per heavy atom. The Hall–Kier alpha value is -2.24. The lowest BCUT2D eigenvalue weighted by Crippen LogP contribution is -2.27. The van der Waals surface area contributed by atoms with Gasteiger partial charge in [0.15, 0.2) is 4.80 Å². The van der Waals surface area contributed by atoms with Crippen LogP contribution in [0.25, 0.3) is 10.2 Å². The van der Waals surface area contributed by atoms with Gasteiger partial charge >= 0.3 is 5.97 Å². The quantitative estimate of drug-likeness (QED) is 0.437. The predicted molar refractivity (Wildman–Crippen MR) is 131 cm³/mol. The van der Waals surface area contributed by atoms with E-state index in [1.165, 1.54) is 44.5 Å². The molecule has 1 aromatic heterocycles. The Morgan fingerprint density at radius 1 is 1.09 bits per heavy atom. The largest absolute Gasteiger partial charge is 0.465 e. The molecule has 0 saturated carbocycles. The summed E-state index contributed by atoms with van der Waals surface area (Å²) in [6, 6.07) is 9.04. The number of esters is 1. The van der Waals surface area contributed by atoms with Crippen molar-refractivity contribution < 1.29 is 22.7 Å². The summed E-state index contributed by atoms with van der Waals surface area (Å²) in [6.45, 7) is 2.69. The fraction of sp³-hybridized carbons (Fsp3) is 0.318. The van der Waals surface area contributed by atoms with Gasteiger partial charge in [0.05, 0.1) is 31.8 Å². The second-order valence-corrected chi connectivity index (χ2v) is 11.3. The van der Waals surface area contributed by atoms with Gasteiger partial charge < -0.3 is 9.30 Å². The van der Waals surface area contributed by atoms with Crippen molar-refractivity contribution in [1.29, 1.82) is 0 Å². The van der Waals surface area contributed by atoms with Gasteiger partial charge in [0.25, 0.3) is 5.91 Å². The van der Waals surface area contributed by atoms with Crippen molar-refractivity contribution in [3.8, 4) is 0 Å². The van der Waals surface area contributed by atoms with Crippen molar-refractivity contribution in [2.75, 3.05) is 19.7 Å². The molecule has 34 heavy (non-hydrogen) atoms. The first kappa shape index (κ1) is 24.9. The minimum atomic E-state index is -3.58. The van der Waals surface area contributed by atoms with E-state index in [2.05, 4.69) is 4.99 Å². The second-order valence-electron chi connectivity index (χ2n) is 7.54. The average molecular weight is 542 g/mol. The third-order valence-corrected chi connectivity index (χ3v) is 9.08. The van der Waals surface area contributed by atoms with E-state index in [-0.39, 0.29) is 33.4 Å². The third kappa shape index (κ3) is 4.92. The van der Waals surface area contributed by atoms with Crippen molar-refractivity contribution in [1.82, 2.24) is 8.87 Å². The summed E-state index contributed by atoms with van der Waals surface area (Å²) < 4.78 is 34.1. The van der Waals surface area contributed by atoms with Crippen LogP contribution in [0.5, 0.6) is 0 Å². The fourth-order valence-corrected chi connectivity index (χ4v) is 6.70. The summed E-state index contributed by atoms with van der Waals surface area (Å²) in [5, 5.41) is 0.544. The van der Waals surface area contributed by atoms with Crippen LogP contribution in [0, 0.1) is 0 Å². The molecular formula is C22H21Cl2N3O5S2. The molecular weight excluding hydrogens is 521 g/mol. The molecule has 2 heterocycles. The zero-order chi connectivity index (χ0) is 24.5. The predicted octanol–water partition coefficient (Wildman–Crippen LogP) is 4.10. The Bertz CT molecular complexity index is 1420. The van der Waals surface area contributed by atoms with E-state index in [0.717, 1.165) is 12.8 Å². The number of carbonyl (C=O) groups is 2. The lowest BCUT2D eigenvalue weighted by Gasteiger charge is -2.15. The van der Waals surface area contributed by atoms with Crippen LogP contribution in [-0.4, -0.2) is 48.9 Å². The van der Waals surface area contributed by atoms with Gasteiger partial charge in [0.1, 0.15) is 6.54 Å². The number of hydrogen-bond donors (Lipinski definition) is 0. The van der Waals surface area contributed by atoms with E-state index in [4.69, 9.17) is 27.9 Å². The lowest BCUT2D eigenvalue weighted by atomic mass is 10.2. The van der Waals surface area contributed by atoms with Gasteiger partial charge in [-0.3, -0.25) is 9.59 Å². The number of halogens is 2. The second kappa shape index (κ2) is 10.2. The normalized spacial score (nSPS) is 15.2. The molecule has 0 atom stereocenters. The fourth-order valence-electron chi connectivity index (χ4n) is 3.67. The monoisotopic (exact) mass is 541 g/mol. The van der Waals surface area contributed by atoms with E-state index in [1.54, 1.807) is 19.1 Å². The van der Waals surface area contributed by atoms with Crippen molar-refractivity contribution in [3.05, 3.63) is 56.8 Å². The first-order valence-electron chi connectivity index (χ1n) is 10.5. The molecule has 2 aromatic carbocycles. The Labute approximate surface area is 210 Å². The number of amides is 1. The zero-order valence-electron chi connectivity index (χ0n) is 18.2. The average Bonchev–Trinajstić information content (AvgIpc) is 3.46. The summed E-state index contributed by atoms with van der Waals surface area (Å²) in [5.74, 6) is -1.10. The number of benzene rings is 2. The number of aromatic nitrogens is 1. The van der Waals surface area contributed by atoms with Crippen molar-refractivity contribution in [2.24, 2.45) is 4.99 Å². The Balaban J connectivity index is 1.71. The molecule has 1 aliphatic heterocycles. The van der Waals surface area contributed by atoms with Crippen molar-refractivity contribution in [3.63, 3.8) is 0 Å². The van der Waals surface area contributed by atoms with Gasteiger partial charge in [0, 0.05) is 18.7 Å². The number of carbonyl (C=O) groups excluding carboxylic acids is 2. The zero-order valence-corrected chi connectivity index (χ0v) is 21.3. The van der Waals surface area contributed by atoms with Gasteiger partial charge in [-0.05, 0) is 56.2 Å². The van der Waals surface area contributed by atoms with E-state index in [9.17, 15) is 18.0 Å². The van der Waals surface area contributed by atoms with Crippen molar-refractivity contribution >= 4 is 66.7 Å². The number of rotatable bonds is 6. The summed E-state index contributed by atoms with van der Waals surface area (Å²) in [7, 11) is -3.58. The molecule has 0 spiro atoms. The Kier molecular flexibility index (Phi) is 7.44. The highest BCUT2D eigenvalue weighted by Gasteiger charge is 2.27. The van der Waals surface area contributed by atoms with Gasteiger partial charge in [0.2, 0.25) is 10.0 Å². The van der Waals surface area contributed by atoms with Gasteiger partial charge in [-0.2, -0.15) is 9.30 Å². The molecule has 1 saturated heterocycles. The minimum absolute atomic E-state index is 0.131. The molecule has 1 aliphatic rings. The highest BCUT2D eigenvalue weighted by Crippen LogP contribution is 2.32. The molecule has 0 radical (unpaired) electrons. The molecule has 0 N–H and O–H groups in total. The summed E-state index contributed by atoms with van der Waals surface area (Å²) in [6.07, 6.45) is 1.68. The maximum absolute atomic E-state index is 12.9.